The van der Waals surface area contributed by atoms with Gasteiger partial charge in [-0.25, -0.2) is 8.78 Å². The van der Waals surface area contributed by atoms with E-state index in [9.17, 15) is 13.6 Å². The topological polar surface area (TPSA) is 47.4 Å². The number of rotatable bonds is 6. The predicted octanol–water partition coefficient (Wildman–Crippen LogP) is 5.25. The zero-order valence-electron chi connectivity index (χ0n) is 18.3. The fraction of sp³-hybridized carbons (Fsp3) is 0.250. The van der Waals surface area contributed by atoms with Gasteiger partial charge in [0.1, 0.15) is 28.9 Å². The third kappa shape index (κ3) is 4.67. The molecule has 0 aliphatic carbocycles. The average Bonchev–Trinajstić information content (AvgIpc) is 2.72. The van der Waals surface area contributed by atoms with Crippen LogP contribution >= 0.6 is 11.6 Å². The minimum absolute atomic E-state index is 0.0913. The Morgan fingerprint density at radius 3 is 2.72 bits per heavy atom. The first-order valence-electron chi connectivity index (χ1n) is 9.93. The number of aryl methyl sites for hydroxylation is 1. The molecule has 3 rings (SSSR count). The van der Waals surface area contributed by atoms with Gasteiger partial charge in [0.15, 0.2) is 5.82 Å². The fourth-order valence-electron chi connectivity index (χ4n) is 3.56. The lowest BCUT2D eigenvalue weighted by molar-refractivity contribution is 0.292. The SMILES string of the molecule is C=C(/C=C/C)[C@H]1C=C(n2c(C)cc(OCc3ncc(F)cc3F)c(Cl)c2=O)C(C)=CN1C. The standard InChI is InChI=1S/C24H24ClF2N3O2/c1-6-7-14(2)20-10-21(15(3)12-29(20)5)30-16(4)8-22(23(25)24(30)31)32-13-19-18(27)9-17(26)11-28-19/h6-12,20H,2,13H2,1,3-5H3/b7-6+/t20-/m1/s1. The second-order valence-corrected chi connectivity index (χ2v) is 7.90. The van der Waals surface area contributed by atoms with Crippen molar-refractivity contribution in [1.29, 1.82) is 0 Å². The van der Waals surface area contributed by atoms with Crippen LogP contribution in [0.25, 0.3) is 5.70 Å². The summed E-state index contributed by atoms with van der Waals surface area (Å²) in [6, 6.07) is 2.20. The maximum Gasteiger partial charge on any atom is 0.277 e. The molecule has 3 heterocycles. The summed E-state index contributed by atoms with van der Waals surface area (Å²) >= 11 is 6.33. The molecule has 0 bridgehead atoms. The molecule has 0 amide bonds. The van der Waals surface area contributed by atoms with Gasteiger partial charge < -0.3 is 9.64 Å². The molecule has 0 saturated heterocycles. The summed E-state index contributed by atoms with van der Waals surface area (Å²) in [5, 5.41) is -0.144. The van der Waals surface area contributed by atoms with E-state index in [1.807, 2.05) is 50.2 Å². The highest BCUT2D eigenvalue weighted by Gasteiger charge is 2.23. The molecule has 2 aromatic heterocycles. The van der Waals surface area contributed by atoms with E-state index in [-0.39, 0.29) is 29.1 Å². The van der Waals surface area contributed by atoms with E-state index in [0.717, 1.165) is 23.4 Å². The van der Waals surface area contributed by atoms with Crippen LogP contribution in [0.5, 0.6) is 5.75 Å². The van der Waals surface area contributed by atoms with E-state index in [2.05, 4.69) is 11.6 Å². The van der Waals surface area contributed by atoms with Crippen molar-refractivity contribution in [1.82, 2.24) is 14.5 Å². The zero-order chi connectivity index (χ0) is 23.6. The lowest BCUT2D eigenvalue weighted by Gasteiger charge is -2.32. The Kier molecular flexibility index (Phi) is 6.99. The van der Waals surface area contributed by atoms with Gasteiger partial charge in [-0.15, -0.1) is 0 Å². The maximum atomic E-state index is 13.8. The van der Waals surface area contributed by atoms with E-state index < -0.39 is 17.2 Å². The number of likely N-dealkylation sites (N-methyl/N-ethyl adjacent to an activating group) is 1. The molecule has 32 heavy (non-hydrogen) atoms. The van der Waals surface area contributed by atoms with E-state index >= 15 is 0 Å². The monoisotopic (exact) mass is 459 g/mol. The van der Waals surface area contributed by atoms with Gasteiger partial charge in [0, 0.05) is 31.1 Å². The van der Waals surface area contributed by atoms with Crippen molar-refractivity contribution >= 4 is 17.3 Å². The lowest BCUT2D eigenvalue weighted by atomic mass is 10.00. The molecular weight excluding hydrogens is 436 g/mol. The summed E-state index contributed by atoms with van der Waals surface area (Å²) in [5.41, 5.74) is 2.48. The van der Waals surface area contributed by atoms with Gasteiger partial charge in [-0.05, 0) is 38.0 Å². The Hall–Kier alpha value is -3.19. The summed E-state index contributed by atoms with van der Waals surface area (Å²) in [6.45, 7) is 9.40. The summed E-state index contributed by atoms with van der Waals surface area (Å²) in [7, 11) is 1.94. The molecule has 0 aromatic carbocycles. The molecule has 168 valence electrons. The molecule has 0 saturated carbocycles. The number of allylic oxidation sites excluding steroid dienone is 3. The van der Waals surface area contributed by atoms with Crippen molar-refractivity contribution in [2.24, 2.45) is 0 Å². The second kappa shape index (κ2) is 9.53. The first-order valence-corrected chi connectivity index (χ1v) is 10.3. The molecule has 0 spiro atoms. The highest BCUT2D eigenvalue weighted by atomic mass is 35.5. The normalized spacial score (nSPS) is 16.2. The first kappa shape index (κ1) is 23.5. The van der Waals surface area contributed by atoms with Gasteiger partial charge in [0.2, 0.25) is 0 Å². The van der Waals surface area contributed by atoms with Crippen LogP contribution in [0.4, 0.5) is 8.78 Å². The van der Waals surface area contributed by atoms with Gasteiger partial charge in [-0.2, -0.15) is 0 Å². The quantitative estimate of drug-likeness (QED) is 0.553. The number of aromatic nitrogens is 2. The Balaban J connectivity index is 1.97. The van der Waals surface area contributed by atoms with Crippen molar-refractivity contribution in [3.05, 3.63) is 98.9 Å². The smallest absolute Gasteiger partial charge is 0.277 e. The molecule has 1 atom stereocenters. The minimum atomic E-state index is -0.837. The molecule has 5 nitrogen and oxygen atoms in total. The van der Waals surface area contributed by atoms with E-state index in [1.165, 1.54) is 4.57 Å². The Bertz CT molecular complexity index is 1210. The number of hydrogen-bond acceptors (Lipinski definition) is 4. The number of pyridine rings is 2. The van der Waals surface area contributed by atoms with Crippen molar-refractivity contribution in [3.63, 3.8) is 0 Å². The maximum absolute atomic E-state index is 13.8. The third-order valence-electron chi connectivity index (χ3n) is 5.11. The fourth-order valence-corrected chi connectivity index (χ4v) is 3.76. The van der Waals surface area contributed by atoms with Crippen LogP contribution in [0, 0.1) is 18.6 Å². The number of hydrogen-bond donors (Lipinski definition) is 0. The van der Waals surface area contributed by atoms with Crippen LogP contribution in [0.15, 0.2) is 65.3 Å². The molecule has 0 radical (unpaired) electrons. The molecule has 0 N–H and O–H groups in total. The van der Waals surface area contributed by atoms with Gasteiger partial charge in [-0.1, -0.05) is 30.3 Å². The van der Waals surface area contributed by atoms with Gasteiger partial charge in [-0.3, -0.25) is 14.3 Å². The third-order valence-corrected chi connectivity index (χ3v) is 5.45. The van der Waals surface area contributed by atoms with Crippen LogP contribution in [0.3, 0.4) is 0 Å². The van der Waals surface area contributed by atoms with Crippen molar-refractivity contribution in [3.8, 4) is 5.75 Å². The van der Waals surface area contributed by atoms with E-state index in [4.69, 9.17) is 16.3 Å². The predicted molar refractivity (Wildman–Crippen MR) is 122 cm³/mol. The van der Waals surface area contributed by atoms with Crippen LogP contribution in [-0.4, -0.2) is 27.5 Å². The van der Waals surface area contributed by atoms with Crippen LogP contribution < -0.4 is 10.3 Å². The summed E-state index contributed by atoms with van der Waals surface area (Å²) in [4.78, 5) is 18.9. The Labute approximate surface area is 190 Å². The summed E-state index contributed by atoms with van der Waals surface area (Å²) in [6.07, 6.45) is 8.63. The Morgan fingerprint density at radius 1 is 1.34 bits per heavy atom. The van der Waals surface area contributed by atoms with Gasteiger partial charge in [0.05, 0.1) is 17.9 Å². The molecule has 2 aromatic rings. The van der Waals surface area contributed by atoms with E-state index in [0.29, 0.717) is 11.4 Å². The lowest BCUT2D eigenvalue weighted by Crippen LogP contribution is -2.33. The first-order chi connectivity index (χ1) is 15.1. The molecule has 1 aliphatic rings. The van der Waals surface area contributed by atoms with Crippen LogP contribution in [0.1, 0.15) is 25.2 Å². The average molecular weight is 460 g/mol. The van der Waals surface area contributed by atoms with Crippen LogP contribution in [-0.2, 0) is 6.61 Å². The highest BCUT2D eigenvalue weighted by Crippen LogP contribution is 2.30. The van der Waals surface area contributed by atoms with Crippen LogP contribution in [0.2, 0.25) is 5.02 Å². The number of nitrogens with zero attached hydrogens (tertiary/aromatic N) is 3. The molecular formula is C24H24ClF2N3O2. The van der Waals surface area contributed by atoms with Crippen molar-refractivity contribution in [2.45, 2.75) is 33.4 Å². The van der Waals surface area contributed by atoms with E-state index in [1.54, 1.807) is 13.0 Å². The molecule has 1 aliphatic heterocycles. The molecule has 8 heteroatoms. The second-order valence-electron chi connectivity index (χ2n) is 7.52. The molecule has 0 unspecified atom stereocenters. The minimum Gasteiger partial charge on any atom is -0.485 e. The summed E-state index contributed by atoms with van der Waals surface area (Å²) < 4.78 is 33.9. The molecule has 0 fully saturated rings. The zero-order valence-corrected chi connectivity index (χ0v) is 19.1. The summed E-state index contributed by atoms with van der Waals surface area (Å²) in [5.74, 6) is -1.52. The van der Waals surface area contributed by atoms with Crippen molar-refractivity contribution < 1.29 is 13.5 Å². The number of halogens is 3. The van der Waals surface area contributed by atoms with Gasteiger partial charge >= 0.3 is 0 Å². The Morgan fingerprint density at radius 2 is 2.06 bits per heavy atom. The number of ether oxygens (including phenoxy) is 1. The van der Waals surface area contributed by atoms with Gasteiger partial charge in [0.25, 0.3) is 5.56 Å². The highest BCUT2D eigenvalue weighted by molar-refractivity contribution is 6.31. The van der Waals surface area contributed by atoms with Crippen molar-refractivity contribution in [2.75, 3.05) is 7.05 Å². The largest absolute Gasteiger partial charge is 0.485 e.